The third-order valence-corrected chi connectivity index (χ3v) is 10.9. The number of benzene rings is 3. The number of rotatable bonds is 9. The highest BCUT2D eigenvalue weighted by Crippen LogP contribution is 2.32. The first-order chi connectivity index (χ1) is 18.0. The molecule has 1 heterocycles. The monoisotopic (exact) mass is 573 g/mol. The Morgan fingerprint density at radius 2 is 1.68 bits per heavy atom. The fourth-order valence-electron chi connectivity index (χ4n) is 4.69. The first-order valence-electron chi connectivity index (χ1n) is 12.6. The van der Waals surface area contributed by atoms with Crippen LogP contribution in [0.2, 0.25) is 0 Å². The minimum Gasteiger partial charge on any atom is -0.274 e. The molecule has 2 atom stereocenters. The Bertz CT molecular complexity index is 1550. The Balaban J connectivity index is 1.38. The van der Waals surface area contributed by atoms with Crippen LogP contribution in [0.3, 0.4) is 0 Å². The van der Waals surface area contributed by atoms with Gasteiger partial charge in [-0.25, -0.2) is 16.8 Å². The van der Waals surface area contributed by atoms with Crippen LogP contribution in [0, 0.1) is 12.8 Å². The lowest BCUT2D eigenvalue weighted by Gasteiger charge is -2.28. The number of sulfonamides is 2. The van der Waals surface area contributed by atoms with Crippen molar-refractivity contribution in [1.82, 2.24) is 14.1 Å². The molecule has 1 saturated heterocycles. The molecular weight excluding hydrogens is 543 g/mol. The molecule has 5 rings (SSSR count). The molecule has 1 saturated carbocycles. The summed E-state index contributed by atoms with van der Waals surface area (Å²) >= 11 is 4.48. The molecule has 1 aliphatic carbocycles. The van der Waals surface area contributed by atoms with Crippen LogP contribution in [0.1, 0.15) is 30.4 Å². The molecule has 0 bridgehead atoms. The van der Waals surface area contributed by atoms with Crippen molar-refractivity contribution in [2.45, 2.75) is 48.1 Å². The summed E-state index contributed by atoms with van der Waals surface area (Å²) in [6.07, 6.45) is 1.95. The van der Waals surface area contributed by atoms with E-state index in [-0.39, 0.29) is 41.3 Å². The minimum absolute atomic E-state index is 0.0507. The van der Waals surface area contributed by atoms with Gasteiger partial charge < -0.3 is 0 Å². The van der Waals surface area contributed by atoms with Gasteiger partial charge in [0.05, 0.1) is 10.6 Å². The van der Waals surface area contributed by atoms with E-state index in [9.17, 15) is 21.6 Å². The average Bonchev–Trinajstić information content (AvgIpc) is 3.62. The number of thiol groups is 1. The molecule has 3 aromatic carbocycles. The maximum atomic E-state index is 13.7. The molecule has 8 nitrogen and oxygen atoms in total. The van der Waals surface area contributed by atoms with Crippen LogP contribution in [0.15, 0.2) is 71.6 Å². The molecule has 11 heteroatoms. The van der Waals surface area contributed by atoms with Crippen LogP contribution in [0.25, 0.3) is 10.8 Å². The number of amides is 1. The Morgan fingerprint density at radius 3 is 2.37 bits per heavy atom. The highest BCUT2D eigenvalue weighted by molar-refractivity contribution is 7.89. The Morgan fingerprint density at radius 1 is 1.00 bits per heavy atom. The van der Waals surface area contributed by atoms with Crippen molar-refractivity contribution in [3.63, 3.8) is 0 Å². The van der Waals surface area contributed by atoms with E-state index in [1.54, 1.807) is 24.3 Å². The van der Waals surface area contributed by atoms with E-state index >= 15 is 0 Å². The highest BCUT2D eigenvalue weighted by Gasteiger charge is 2.44. The quantitative estimate of drug-likeness (QED) is 0.301. The molecular formula is C27H31N3O5S3. The first kappa shape index (κ1) is 27.1. The SMILES string of the molecule is Cc1ccc(CS(=O)(=O)N(CC2CC2)NC(=O)[C@@H]2C[C@@H](S)CN2S(=O)(=O)c2ccc3ccccc3c2)cc1. The second-order valence-corrected chi connectivity index (χ2v) is 14.7. The predicted molar refractivity (Wildman–Crippen MR) is 150 cm³/mol. The van der Waals surface area contributed by atoms with Crippen molar-refractivity contribution in [3.8, 4) is 0 Å². The summed E-state index contributed by atoms with van der Waals surface area (Å²) in [6.45, 7) is 2.13. The summed E-state index contributed by atoms with van der Waals surface area (Å²) in [5.41, 5.74) is 4.20. The predicted octanol–water partition coefficient (Wildman–Crippen LogP) is 3.48. The van der Waals surface area contributed by atoms with Gasteiger partial charge in [-0.1, -0.05) is 60.2 Å². The molecule has 2 fully saturated rings. The van der Waals surface area contributed by atoms with Gasteiger partial charge in [-0.3, -0.25) is 10.2 Å². The highest BCUT2D eigenvalue weighted by atomic mass is 32.2. The zero-order chi connectivity index (χ0) is 27.1. The summed E-state index contributed by atoms with van der Waals surface area (Å²) in [5.74, 6) is -0.764. The fraction of sp³-hybridized carbons (Fsp3) is 0.370. The Kier molecular flexibility index (Phi) is 7.58. The van der Waals surface area contributed by atoms with E-state index in [2.05, 4.69) is 18.1 Å². The van der Waals surface area contributed by atoms with Crippen molar-refractivity contribution >= 4 is 49.4 Å². The summed E-state index contributed by atoms with van der Waals surface area (Å²) in [7, 11) is -7.93. The van der Waals surface area contributed by atoms with Crippen molar-refractivity contribution in [1.29, 1.82) is 0 Å². The van der Waals surface area contributed by atoms with Gasteiger partial charge in [0.2, 0.25) is 20.0 Å². The number of hydrogen-bond acceptors (Lipinski definition) is 6. The van der Waals surface area contributed by atoms with E-state index < -0.39 is 32.0 Å². The first-order valence-corrected chi connectivity index (χ1v) is 16.1. The lowest BCUT2D eigenvalue weighted by molar-refractivity contribution is -0.127. The molecule has 38 heavy (non-hydrogen) atoms. The van der Waals surface area contributed by atoms with E-state index in [0.29, 0.717) is 5.56 Å². The molecule has 1 amide bonds. The zero-order valence-electron chi connectivity index (χ0n) is 21.0. The van der Waals surface area contributed by atoms with E-state index in [4.69, 9.17) is 0 Å². The van der Waals surface area contributed by atoms with Crippen LogP contribution in [0.5, 0.6) is 0 Å². The fourth-order valence-corrected chi connectivity index (χ4v) is 8.29. The molecule has 0 aromatic heterocycles. The van der Waals surface area contributed by atoms with Gasteiger partial charge in [-0.05, 0) is 60.6 Å². The normalized spacial score (nSPS) is 20.7. The lowest BCUT2D eigenvalue weighted by Crippen LogP contribution is -2.54. The van der Waals surface area contributed by atoms with Crippen LogP contribution >= 0.6 is 12.6 Å². The molecule has 0 spiro atoms. The van der Waals surface area contributed by atoms with Gasteiger partial charge in [0, 0.05) is 18.3 Å². The van der Waals surface area contributed by atoms with Crippen LogP contribution in [0.4, 0.5) is 0 Å². The molecule has 0 radical (unpaired) electrons. The zero-order valence-corrected chi connectivity index (χ0v) is 23.6. The van der Waals surface area contributed by atoms with Crippen molar-refractivity contribution in [2.24, 2.45) is 5.92 Å². The summed E-state index contributed by atoms with van der Waals surface area (Å²) in [6, 6.07) is 18.4. The summed E-state index contributed by atoms with van der Waals surface area (Å²) in [4.78, 5) is 13.6. The maximum absolute atomic E-state index is 13.7. The minimum atomic E-state index is -4.04. The number of carbonyl (C=O) groups is 1. The summed E-state index contributed by atoms with van der Waals surface area (Å²) in [5, 5.41) is 1.32. The van der Waals surface area contributed by atoms with Crippen LogP contribution in [-0.4, -0.2) is 55.8 Å². The van der Waals surface area contributed by atoms with Crippen molar-refractivity contribution in [3.05, 3.63) is 77.9 Å². The van der Waals surface area contributed by atoms with E-state index in [1.165, 1.54) is 6.07 Å². The number of fused-ring (bicyclic) bond motifs is 1. The molecule has 0 unspecified atom stereocenters. The number of hydrogen-bond donors (Lipinski definition) is 2. The number of carbonyl (C=O) groups excluding carboxylic acids is 1. The van der Waals surface area contributed by atoms with Gasteiger partial charge in [-0.2, -0.15) is 16.9 Å². The maximum Gasteiger partial charge on any atom is 0.253 e. The van der Waals surface area contributed by atoms with E-state index in [0.717, 1.165) is 37.9 Å². The standard InChI is InChI=1S/C27H31N3O5S3/c1-19-6-8-21(9-7-19)18-37(32,33)30(16-20-10-11-20)28-27(31)26-15-24(36)17-29(26)38(34,35)25-13-12-22-4-2-3-5-23(22)14-25/h2-9,12-14,20,24,26,36H,10-11,15-18H2,1H3,(H,28,31)/t24-,26+/m1/s1. The molecule has 1 aliphatic heterocycles. The van der Waals surface area contributed by atoms with Gasteiger partial charge in [0.15, 0.2) is 0 Å². The topological polar surface area (TPSA) is 104 Å². The van der Waals surface area contributed by atoms with Crippen LogP contribution < -0.4 is 5.43 Å². The number of nitrogens with one attached hydrogen (secondary N) is 1. The molecule has 3 aromatic rings. The van der Waals surface area contributed by atoms with Gasteiger partial charge in [-0.15, -0.1) is 4.41 Å². The second kappa shape index (κ2) is 10.6. The van der Waals surface area contributed by atoms with Crippen LogP contribution in [-0.2, 0) is 30.6 Å². The van der Waals surface area contributed by atoms with Gasteiger partial charge in [0.1, 0.15) is 6.04 Å². The molecule has 2 aliphatic rings. The Hall–Kier alpha value is -2.44. The molecule has 202 valence electrons. The third kappa shape index (κ3) is 5.91. The van der Waals surface area contributed by atoms with Crippen molar-refractivity contribution in [2.75, 3.05) is 13.1 Å². The number of nitrogens with zero attached hydrogens (tertiary/aromatic N) is 2. The van der Waals surface area contributed by atoms with Crippen molar-refractivity contribution < 1.29 is 21.6 Å². The lowest BCUT2D eigenvalue weighted by atomic mass is 10.1. The second-order valence-electron chi connectivity index (χ2n) is 10.2. The Labute approximate surface area is 229 Å². The molecule has 1 N–H and O–H groups in total. The summed E-state index contributed by atoms with van der Waals surface area (Å²) < 4.78 is 56.2. The third-order valence-electron chi connectivity index (χ3n) is 7.03. The number of aryl methyl sites for hydroxylation is 1. The number of hydrazine groups is 1. The average molecular weight is 574 g/mol. The smallest absolute Gasteiger partial charge is 0.253 e. The van der Waals surface area contributed by atoms with Gasteiger partial charge >= 0.3 is 0 Å². The van der Waals surface area contributed by atoms with E-state index in [1.807, 2.05) is 43.3 Å². The van der Waals surface area contributed by atoms with Gasteiger partial charge in [0.25, 0.3) is 5.91 Å². The largest absolute Gasteiger partial charge is 0.274 e.